The van der Waals surface area contributed by atoms with Gasteiger partial charge in [0.1, 0.15) is 5.01 Å². The van der Waals surface area contributed by atoms with E-state index in [1.165, 1.54) is 5.57 Å². The molecule has 1 aromatic rings. The average molecular weight is 153 g/mol. The summed E-state index contributed by atoms with van der Waals surface area (Å²) in [6, 6.07) is 0. The fourth-order valence-corrected chi connectivity index (χ4v) is 1.40. The Morgan fingerprint density at radius 3 is 3.00 bits per heavy atom. The molecule has 10 heavy (non-hydrogen) atoms. The number of rotatable bonds is 1. The Morgan fingerprint density at radius 1 is 1.60 bits per heavy atom. The van der Waals surface area contributed by atoms with E-state index in [0.29, 0.717) is 0 Å². The van der Waals surface area contributed by atoms with Crippen LogP contribution >= 0.6 is 11.3 Å². The van der Waals surface area contributed by atoms with Crippen molar-refractivity contribution in [3.8, 4) is 0 Å². The average Bonchev–Trinajstić information content (AvgIpc) is 2.29. The summed E-state index contributed by atoms with van der Waals surface area (Å²) in [4.78, 5) is 4.12. The lowest BCUT2D eigenvalue weighted by atomic mass is 10.2. The number of nitrogens with zero attached hydrogens (tertiary/aromatic N) is 1. The highest BCUT2D eigenvalue weighted by Gasteiger charge is 2.08. The minimum absolute atomic E-state index is 0.791. The molecule has 1 aliphatic rings. The van der Waals surface area contributed by atoms with Crippen LogP contribution in [0, 0.1) is 0 Å². The zero-order chi connectivity index (χ0) is 6.81. The molecule has 0 spiro atoms. The van der Waals surface area contributed by atoms with Gasteiger partial charge >= 0.3 is 0 Å². The van der Waals surface area contributed by atoms with Gasteiger partial charge < -0.3 is 4.74 Å². The van der Waals surface area contributed by atoms with Gasteiger partial charge in [-0.25, -0.2) is 4.98 Å². The molecule has 0 aromatic carbocycles. The highest BCUT2D eigenvalue weighted by molar-refractivity contribution is 7.10. The van der Waals surface area contributed by atoms with Crippen molar-refractivity contribution in [3.05, 3.63) is 22.2 Å². The Hall–Kier alpha value is -0.670. The number of hydrogen-bond donors (Lipinski definition) is 0. The number of ether oxygens (including phenoxy) is 1. The van der Waals surface area contributed by atoms with E-state index in [9.17, 15) is 0 Å². The van der Waals surface area contributed by atoms with Gasteiger partial charge in [-0.2, -0.15) is 0 Å². The van der Waals surface area contributed by atoms with Gasteiger partial charge in [0.15, 0.2) is 0 Å². The largest absolute Gasteiger partial charge is 0.373 e. The Morgan fingerprint density at radius 2 is 2.50 bits per heavy atom. The fourth-order valence-electron chi connectivity index (χ4n) is 0.784. The summed E-state index contributed by atoms with van der Waals surface area (Å²) in [6.45, 7) is 1.58. The lowest BCUT2D eigenvalue weighted by molar-refractivity contribution is 0.105. The van der Waals surface area contributed by atoms with E-state index in [4.69, 9.17) is 4.74 Å². The standard InChI is InChI=1S/C7H7NOS/c1-2-10-7(8-1)3-6-4-9-5-6/h1-3H,4-5H2. The third kappa shape index (κ3) is 1.10. The Balaban J connectivity index is 2.15. The summed E-state index contributed by atoms with van der Waals surface area (Å²) >= 11 is 1.66. The molecule has 2 nitrogen and oxygen atoms in total. The zero-order valence-corrected chi connectivity index (χ0v) is 6.23. The van der Waals surface area contributed by atoms with Crippen molar-refractivity contribution in [1.82, 2.24) is 4.98 Å². The molecule has 0 amide bonds. The van der Waals surface area contributed by atoms with Crippen molar-refractivity contribution in [1.29, 1.82) is 0 Å². The van der Waals surface area contributed by atoms with Gasteiger partial charge in [-0.3, -0.25) is 0 Å². The topological polar surface area (TPSA) is 22.1 Å². The van der Waals surface area contributed by atoms with Crippen LogP contribution in [0.1, 0.15) is 5.01 Å². The first-order valence-electron chi connectivity index (χ1n) is 3.12. The quantitative estimate of drug-likeness (QED) is 0.610. The Kier molecular flexibility index (Phi) is 1.53. The Bertz CT molecular complexity index is 234. The van der Waals surface area contributed by atoms with E-state index in [2.05, 4.69) is 11.1 Å². The van der Waals surface area contributed by atoms with Crippen LogP contribution in [0.2, 0.25) is 0 Å². The van der Waals surface area contributed by atoms with E-state index in [-0.39, 0.29) is 0 Å². The summed E-state index contributed by atoms with van der Waals surface area (Å²) in [6.07, 6.45) is 3.91. The molecule has 0 bridgehead atoms. The van der Waals surface area contributed by atoms with Gasteiger partial charge in [-0.15, -0.1) is 11.3 Å². The van der Waals surface area contributed by atoms with Gasteiger partial charge in [0.25, 0.3) is 0 Å². The molecule has 0 N–H and O–H groups in total. The monoisotopic (exact) mass is 153 g/mol. The van der Waals surface area contributed by atoms with Crippen LogP contribution in [0.25, 0.3) is 6.08 Å². The molecule has 1 aliphatic heterocycles. The predicted molar refractivity (Wildman–Crippen MR) is 40.9 cm³/mol. The van der Waals surface area contributed by atoms with Crippen LogP contribution in [0.3, 0.4) is 0 Å². The maximum atomic E-state index is 4.99. The molecular formula is C7H7NOS. The summed E-state index contributed by atoms with van der Waals surface area (Å²) < 4.78 is 4.99. The van der Waals surface area contributed by atoms with Gasteiger partial charge in [0.2, 0.25) is 0 Å². The lowest BCUT2D eigenvalue weighted by Crippen LogP contribution is -2.15. The molecule has 0 unspecified atom stereocenters. The molecule has 0 saturated carbocycles. The number of aromatic nitrogens is 1. The van der Waals surface area contributed by atoms with Gasteiger partial charge in [-0.05, 0) is 11.6 Å². The number of hydrogen-bond acceptors (Lipinski definition) is 3. The molecule has 0 radical (unpaired) electrons. The summed E-state index contributed by atoms with van der Waals surface area (Å²) in [5.74, 6) is 0. The van der Waals surface area contributed by atoms with Crippen LogP contribution in [0.4, 0.5) is 0 Å². The molecule has 2 rings (SSSR count). The van der Waals surface area contributed by atoms with E-state index in [1.807, 2.05) is 11.6 Å². The molecule has 1 fully saturated rings. The third-order valence-corrected chi connectivity index (χ3v) is 2.08. The second-order valence-electron chi connectivity index (χ2n) is 2.17. The fraction of sp³-hybridized carbons (Fsp3) is 0.286. The lowest BCUT2D eigenvalue weighted by Gasteiger charge is -2.16. The molecule has 1 aromatic heterocycles. The molecular weight excluding hydrogens is 146 g/mol. The van der Waals surface area contributed by atoms with E-state index < -0.39 is 0 Å². The van der Waals surface area contributed by atoms with E-state index in [1.54, 1.807) is 11.3 Å². The van der Waals surface area contributed by atoms with Gasteiger partial charge in [-0.1, -0.05) is 0 Å². The van der Waals surface area contributed by atoms with Gasteiger partial charge in [0, 0.05) is 11.6 Å². The smallest absolute Gasteiger partial charge is 0.116 e. The maximum Gasteiger partial charge on any atom is 0.116 e. The highest BCUT2D eigenvalue weighted by Crippen LogP contribution is 2.15. The minimum Gasteiger partial charge on any atom is -0.373 e. The molecule has 3 heteroatoms. The summed E-state index contributed by atoms with van der Waals surface area (Å²) in [5, 5.41) is 3.06. The van der Waals surface area contributed by atoms with Crippen molar-refractivity contribution >= 4 is 17.4 Å². The van der Waals surface area contributed by atoms with E-state index >= 15 is 0 Å². The van der Waals surface area contributed by atoms with Crippen LogP contribution in [-0.4, -0.2) is 18.2 Å². The first-order chi connectivity index (χ1) is 4.95. The second-order valence-corrected chi connectivity index (χ2v) is 3.09. The summed E-state index contributed by atoms with van der Waals surface area (Å²) in [5.41, 5.74) is 1.34. The van der Waals surface area contributed by atoms with Crippen LogP contribution in [-0.2, 0) is 4.74 Å². The predicted octanol–water partition coefficient (Wildman–Crippen LogP) is 1.56. The van der Waals surface area contributed by atoms with Crippen LogP contribution < -0.4 is 0 Å². The number of thiazole rings is 1. The first kappa shape index (κ1) is 6.07. The van der Waals surface area contributed by atoms with Crippen molar-refractivity contribution < 1.29 is 4.74 Å². The first-order valence-corrected chi connectivity index (χ1v) is 4.00. The summed E-state index contributed by atoms with van der Waals surface area (Å²) in [7, 11) is 0. The maximum absolute atomic E-state index is 4.99. The van der Waals surface area contributed by atoms with Crippen LogP contribution in [0.5, 0.6) is 0 Å². The molecule has 52 valence electrons. The van der Waals surface area contributed by atoms with Crippen molar-refractivity contribution in [2.45, 2.75) is 0 Å². The van der Waals surface area contributed by atoms with Crippen LogP contribution in [0.15, 0.2) is 17.2 Å². The van der Waals surface area contributed by atoms with Gasteiger partial charge in [0.05, 0.1) is 13.2 Å². The second kappa shape index (κ2) is 2.52. The molecule has 2 heterocycles. The third-order valence-electron chi connectivity index (χ3n) is 1.35. The normalized spacial score (nSPS) is 16.6. The zero-order valence-electron chi connectivity index (χ0n) is 5.41. The minimum atomic E-state index is 0.791. The highest BCUT2D eigenvalue weighted by atomic mass is 32.1. The Labute approximate surface area is 63.2 Å². The van der Waals surface area contributed by atoms with Crippen molar-refractivity contribution in [2.75, 3.05) is 13.2 Å². The molecule has 0 atom stereocenters. The van der Waals surface area contributed by atoms with Crippen molar-refractivity contribution in [2.24, 2.45) is 0 Å². The molecule has 0 aliphatic carbocycles. The van der Waals surface area contributed by atoms with Crippen molar-refractivity contribution in [3.63, 3.8) is 0 Å². The van der Waals surface area contributed by atoms with E-state index in [0.717, 1.165) is 18.2 Å². The molecule has 1 saturated heterocycles. The SMILES string of the molecule is C(=C1COC1)c1nccs1.